The molecule has 0 saturated heterocycles. The first-order valence-electron chi connectivity index (χ1n) is 8.21. The second kappa shape index (κ2) is 8.72. The van der Waals surface area contributed by atoms with Crippen molar-refractivity contribution in [2.75, 3.05) is 16.4 Å². The summed E-state index contributed by atoms with van der Waals surface area (Å²) in [6.07, 6.45) is 0. The third-order valence-electron chi connectivity index (χ3n) is 3.81. The number of nitrogens with one attached hydrogen (secondary N) is 2. The van der Waals surface area contributed by atoms with E-state index in [1.165, 1.54) is 11.8 Å². The van der Waals surface area contributed by atoms with Crippen LogP contribution in [0, 0.1) is 20.8 Å². The van der Waals surface area contributed by atoms with E-state index in [-0.39, 0.29) is 22.8 Å². The van der Waals surface area contributed by atoms with E-state index >= 15 is 0 Å². The zero-order valence-corrected chi connectivity index (χ0v) is 15.9. The highest BCUT2D eigenvalue weighted by molar-refractivity contribution is 8.01. The molecule has 132 valence electrons. The Morgan fingerprint density at radius 2 is 1.60 bits per heavy atom. The van der Waals surface area contributed by atoms with Crippen LogP contribution in [0.1, 0.15) is 23.6 Å². The van der Waals surface area contributed by atoms with Gasteiger partial charge < -0.3 is 10.6 Å². The molecule has 0 spiro atoms. The minimum atomic E-state index is -0.315. The molecule has 0 aromatic heterocycles. The molecule has 0 saturated carbocycles. The number of aryl methyl sites for hydroxylation is 3. The Labute approximate surface area is 153 Å². The molecule has 0 aliphatic rings. The van der Waals surface area contributed by atoms with E-state index in [1.807, 2.05) is 70.2 Å². The largest absolute Gasteiger partial charge is 0.325 e. The zero-order valence-electron chi connectivity index (χ0n) is 15.1. The van der Waals surface area contributed by atoms with Crippen molar-refractivity contribution in [1.82, 2.24) is 0 Å². The molecule has 2 aromatic carbocycles. The predicted octanol–water partition coefficient (Wildman–Crippen LogP) is 4.31. The number of carbonyl (C=O) groups is 2. The molecule has 0 radical (unpaired) electrons. The van der Waals surface area contributed by atoms with Crippen molar-refractivity contribution in [2.24, 2.45) is 0 Å². The summed E-state index contributed by atoms with van der Waals surface area (Å²) in [7, 11) is 0. The standard InChI is InChI=1S/C20H24N2O2S/c1-13-5-8-17(9-6-13)21-19(23)12-25-16(4)20(24)22-18-10-7-14(2)11-15(18)3/h5-11,16H,12H2,1-4H3,(H,21,23)(H,22,24)/t16-/m1/s1. The van der Waals surface area contributed by atoms with Crippen LogP contribution < -0.4 is 10.6 Å². The van der Waals surface area contributed by atoms with Crippen molar-refractivity contribution in [3.8, 4) is 0 Å². The average Bonchev–Trinajstić information content (AvgIpc) is 2.57. The lowest BCUT2D eigenvalue weighted by molar-refractivity contribution is -0.115. The van der Waals surface area contributed by atoms with Gasteiger partial charge in [0.1, 0.15) is 0 Å². The van der Waals surface area contributed by atoms with Crippen LogP contribution in [0.15, 0.2) is 42.5 Å². The Morgan fingerprint density at radius 1 is 0.960 bits per heavy atom. The molecule has 0 unspecified atom stereocenters. The second-order valence-corrected chi connectivity index (χ2v) is 7.50. The van der Waals surface area contributed by atoms with Crippen LogP contribution >= 0.6 is 11.8 Å². The molecule has 2 amide bonds. The van der Waals surface area contributed by atoms with Gasteiger partial charge in [0.15, 0.2) is 0 Å². The second-order valence-electron chi connectivity index (χ2n) is 6.18. The van der Waals surface area contributed by atoms with Gasteiger partial charge in [-0.1, -0.05) is 35.4 Å². The van der Waals surface area contributed by atoms with Crippen LogP contribution in [0.3, 0.4) is 0 Å². The van der Waals surface area contributed by atoms with E-state index in [0.717, 1.165) is 28.1 Å². The van der Waals surface area contributed by atoms with Crippen LogP contribution in [0.2, 0.25) is 0 Å². The predicted molar refractivity (Wildman–Crippen MR) is 106 cm³/mol. The molecular formula is C20H24N2O2S. The van der Waals surface area contributed by atoms with Gasteiger partial charge >= 0.3 is 0 Å². The first kappa shape index (κ1) is 19.1. The Hall–Kier alpha value is -2.27. The lowest BCUT2D eigenvalue weighted by Gasteiger charge is -2.14. The van der Waals surface area contributed by atoms with Crippen LogP contribution in [-0.2, 0) is 9.59 Å². The van der Waals surface area contributed by atoms with Crippen molar-refractivity contribution >= 4 is 35.0 Å². The molecule has 0 aliphatic heterocycles. The zero-order chi connectivity index (χ0) is 18.4. The van der Waals surface area contributed by atoms with Crippen LogP contribution in [0.5, 0.6) is 0 Å². The molecule has 0 aliphatic carbocycles. The average molecular weight is 356 g/mol. The van der Waals surface area contributed by atoms with E-state index < -0.39 is 0 Å². The normalized spacial score (nSPS) is 11.7. The summed E-state index contributed by atoms with van der Waals surface area (Å²) in [5.74, 6) is 0.0233. The summed E-state index contributed by atoms with van der Waals surface area (Å²) in [6, 6.07) is 13.5. The van der Waals surface area contributed by atoms with E-state index in [1.54, 1.807) is 0 Å². The Balaban J connectivity index is 1.82. The van der Waals surface area contributed by atoms with Gasteiger partial charge in [0, 0.05) is 11.4 Å². The highest BCUT2D eigenvalue weighted by Crippen LogP contribution is 2.19. The van der Waals surface area contributed by atoms with E-state index in [0.29, 0.717) is 0 Å². The van der Waals surface area contributed by atoms with Crippen molar-refractivity contribution in [3.63, 3.8) is 0 Å². The number of rotatable bonds is 6. The van der Waals surface area contributed by atoms with Crippen LogP contribution in [0.4, 0.5) is 11.4 Å². The Morgan fingerprint density at radius 3 is 2.24 bits per heavy atom. The Bertz CT molecular complexity index is 757. The summed E-state index contributed by atoms with van der Waals surface area (Å²) in [5.41, 5.74) is 4.91. The highest BCUT2D eigenvalue weighted by Gasteiger charge is 2.16. The maximum atomic E-state index is 12.3. The maximum Gasteiger partial charge on any atom is 0.237 e. The fourth-order valence-electron chi connectivity index (χ4n) is 2.30. The van der Waals surface area contributed by atoms with Gasteiger partial charge in [-0.3, -0.25) is 9.59 Å². The SMILES string of the molecule is Cc1ccc(NC(=O)CS[C@H](C)C(=O)Nc2ccc(C)cc2C)cc1. The topological polar surface area (TPSA) is 58.2 Å². The molecule has 2 N–H and O–H groups in total. The summed E-state index contributed by atoms with van der Waals surface area (Å²) in [4.78, 5) is 24.3. The lowest BCUT2D eigenvalue weighted by atomic mass is 10.1. The van der Waals surface area contributed by atoms with Gasteiger partial charge in [-0.15, -0.1) is 11.8 Å². The van der Waals surface area contributed by atoms with Gasteiger partial charge in [-0.25, -0.2) is 0 Å². The molecule has 5 heteroatoms. The summed E-state index contributed by atoms with van der Waals surface area (Å²) < 4.78 is 0. The number of thioether (sulfide) groups is 1. The fourth-order valence-corrected chi connectivity index (χ4v) is 2.98. The van der Waals surface area contributed by atoms with E-state index in [4.69, 9.17) is 0 Å². The molecule has 25 heavy (non-hydrogen) atoms. The maximum absolute atomic E-state index is 12.3. The van der Waals surface area contributed by atoms with Crippen LogP contribution in [0.25, 0.3) is 0 Å². The minimum absolute atomic E-state index is 0.0971. The lowest BCUT2D eigenvalue weighted by Crippen LogP contribution is -2.25. The fraction of sp³-hybridized carbons (Fsp3) is 0.300. The Kier molecular flexibility index (Phi) is 6.65. The number of hydrogen-bond donors (Lipinski definition) is 2. The first-order valence-corrected chi connectivity index (χ1v) is 9.26. The monoisotopic (exact) mass is 356 g/mol. The molecule has 0 bridgehead atoms. The summed E-state index contributed by atoms with van der Waals surface area (Å²) in [5, 5.41) is 5.45. The third kappa shape index (κ3) is 5.94. The van der Waals surface area contributed by atoms with Gasteiger partial charge in [0.05, 0.1) is 11.0 Å². The molecule has 0 fully saturated rings. The molecule has 2 rings (SSSR count). The molecule has 1 atom stereocenters. The van der Waals surface area contributed by atoms with Crippen LogP contribution in [-0.4, -0.2) is 22.8 Å². The van der Waals surface area contributed by atoms with Gasteiger partial charge in [0.2, 0.25) is 11.8 Å². The molecular weight excluding hydrogens is 332 g/mol. The summed E-state index contributed by atoms with van der Waals surface area (Å²) >= 11 is 1.32. The summed E-state index contributed by atoms with van der Waals surface area (Å²) in [6.45, 7) is 7.79. The molecule has 0 heterocycles. The van der Waals surface area contributed by atoms with Crippen molar-refractivity contribution in [1.29, 1.82) is 0 Å². The molecule has 2 aromatic rings. The van der Waals surface area contributed by atoms with Gasteiger partial charge in [-0.05, 0) is 51.5 Å². The highest BCUT2D eigenvalue weighted by atomic mass is 32.2. The van der Waals surface area contributed by atoms with Crippen molar-refractivity contribution in [3.05, 3.63) is 59.2 Å². The van der Waals surface area contributed by atoms with E-state index in [2.05, 4.69) is 10.6 Å². The number of carbonyl (C=O) groups excluding carboxylic acids is 2. The van der Waals surface area contributed by atoms with Gasteiger partial charge in [-0.2, -0.15) is 0 Å². The third-order valence-corrected chi connectivity index (χ3v) is 4.95. The van der Waals surface area contributed by atoms with Crippen molar-refractivity contribution < 1.29 is 9.59 Å². The minimum Gasteiger partial charge on any atom is -0.325 e. The number of amides is 2. The first-order chi connectivity index (χ1) is 11.8. The van der Waals surface area contributed by atoms with Gasteiger partial charge in [0.25, 0.3) is 0 Å². The number of anilines is 2. The molecule has 4 nitrogen and oxygen atoms in total. The van der Waals surface area contributed by atoms with Crippen molar-refractivity contribution in [2.45, 2.75) is 32.9 Å². The quantitative estimate of drug-likeness (QED) is 0.811. The number of benzene rings is 2. The van der Waals surface area contributed by atoms with E-state index in [9.17, 15) is 9.59 Å². The smallest absolute Gasteiger partial charge is 0.237 e. The number of hydrogen-bond acceptors (Lipinski definition) is 3.